The van der Waals surface area contributed by atoms with Crippen LogP contribution < -0.4 is 10.6 Å². The summed E-state index contributed by atoms with van der Waals surface area (Å²) >= 11 is 0. The van der Waals surface area contributed by atoms with Gasteiger partial charge >= 0.3 is 0 Å². The maximum absolute atomic E-state index is 5.07. The van der Waals surface area contributed by atoms with Crippen molar-refractivity contribution in [1.29, 1.82) is 0 Å². The quantitative estimate of drug-likeness (QED) is 0.784. The molecule has 2 aliphatic heterocycles. The fourth-order valence-electron chi connectivity index (χ4n) is 4.31. The van der Waals surface area contributed by atoms with Gasteiger partial charge in [-0.05, 0) is 68.8 Å². The minimum Gasteiger partial charge on any atom is -0.343 e. The molecular formula is C23H29N3. The Kier molecular flexibility index (Phi) is 5.35. The molecule has 4 rings (SSSR count). The summed E-state index contributed by atoms with van der Waals surface area (Å²) in [6, 6.07) is 19.5. The lowest BCUT2D eigenvalue weighted by molar-refractivity contribution is 0.293. The fraction of sp³-hybridized carbons (Fsp3) is 0.435. The van der Waals surface area contributed by atoms with E-state index in [9.17, 15) is 0 Å². The maximum atomic E-state index is 5.07. The van der Waals surface area contributed by atoms with Gasteiger partial charge in [-0.25, -0.2) is 0 Å². The second kappa shape index (κ2) is 8.05. The number of hydrogen-bond donors (Lipinski definition) is 2. The molecule has 1 fully saturated rings. The van der Waals surface area contributed by atoms with Crippen LogP contribution in [-0.2, 0) is 12.8 Å². The second-order valence-electron chi connectivity index (χ2n) is 7.66. The minimum atomic E-state index is 0.207. The lowest BCUT2D eigenvalue weighted by Crippen LogP contribution is -2.48. The van der Waals surface area contributed by atoms with Crippen molar-refractivity contribution in [2.24, 2.45) is 10.4 Å². The number of amidine groups is 1. The highest BCUT2D eigenvalue weighted by Gasteiger charge is 2.40. The molecule has 2 aliphatic rings. The highest BCUT2D eigenvalue weighted by atomic mass is 15.0. The van der Waals surface area contributed by atoms with Crippen molar-refractivity contribution in [1.82, 2.24) is 5.32 Å². The first-order chi connectivity index (χ1) is 12.9. The van der Waals surface area contributed by atoms with Gasteiger partial charge in [-0.1, -0.05) is 48.5 Å². The molecule has 1 spiro atoms. The zero-order chi connectivity index (χ0) is 17.7. The van der Waals surface area contributed by atoms with Crippen LogP contribution in [0.3, 0.4) is 0 Å². The van der Waals surface area contributed by atoms with E-state index in [0.717, 1.165) is 38.9 Å². The van der Waals surface area contributed by atoms with Crippen molar-refractivity contribution >= 4 is 11.5 Å². The van der Waals surface area contributed by atoms with Gasteiger partial charge in [0.25, 0.3) is 0 Å². The molecule has 0 bridgehead atoms. The van der Waals surface area contributed by atoms with E-state index in [1.807, 2.05) is 0 Å². The SMILES string of the molecule is c1ccc(CCCCN=C2Nc3ccccc3CC23CCNCC3)cc1. The van der Waals surface area contributed by atoms with Crippen LogP contribution in [0, 0.1) is 5.41 Å². The predicted molar refractivity (Wildman–Crippen MR) is 110 cm³/mol. The predicted octanol–water partition coefficient (Wildman–Crippen LogP) is 4.45. The van der Waals surface area contributed by atoms with E-state index in [1.54, 1.807) is 0 Å². The van der Waals surface area contributed by atoms with Crippen LogP contribution in [0.15, 0.2) is 59.6 Å². The first-order valence-corrected chi connectivity index (χ1v) is 10.0. The first kappa shape index (κ1) is 17.3. The molecule has 1 saturated heterocycles. The molecule has 0 atom stereocenters. The molecule has 0 aromatic heterocycles. The number of aryl methyl sites for hydroxylation is 1. The van der Waals surface area contributed by atoms with E-state index < -0.39 is 0 Å². The molecule has 3 heteroatoms. The van der Waals surface area contributed by atoms with Crippen LogP contribution in [-0.4, -0.2) is 25.5 Å². The van der Waals surface area contributed by atoms with Crippen molar-refractivity contribution in [3.63, 3.8) is 0 Å². The van der Waals surface area contributed by atoms with Crippen LogP contribution in [0.4, 0.5) is 5.69 Å². The molecule has 0 radical (unpaired) electrons. The summed E-state index contributed by atoms with van der Waals surface area (Å²) in [5.74, 6) is 1.23. The highest BCUT2D eigenvalue weighted by Crippen LogP contribution is 2.40. The summed E-state index contributed by atoms with van der Waals surface area (Å²) in [5.41, 5.74) is 4.33. The largest absolute Gasteiger partial charge is 0.343 e. The van der Waals surface area contributed by atoms with E-state index in [4.69, 9.17) is 4.99 Å². The summed E-state index contributed by atoms with van der Waals surface area (Å²) < 4.78 is 0. The normalized spacial score (nSPS) is 19.9. The third-order valence-electron chi connectivity index (χ3n) is 5.85. The van der Waals surface area contributed by atoms with Gasteiger partial charge in [-0.2, -0.15) is 0 Å². The van der Waals surface area contributed by atoms with E-state index >= 15 is 0 Å². The van der Waals surface area contributed by atoms with Crippen molar-refractivity contribution < 1.29 is 0 Å². The molecule has 26 heavy (non-hydrogen) atoms. The summed E-state index contributed by atoms with van der Waals surface area (Å²) in [6.45, 7) is 3.11. The number of aliphatic imine (C=N–C) groups is 1. The Morgan fingerprint density at radius 2 is 1.65 bits per heavy atom. The Balaban J connectivity index is 1.42. The monoisotopic (exact) mass is 347 g/mol. The lowest BCUT2D eigenvalue weighted by atomic mass is 9.71. The highest BCUT2D eigenvalue weighted by molar-refractivity contribution is 6.02. The molecule has 2 aromatic carbocycles. The third-order valence-corrected chi connectivity index (χ3v) is 5.85. The Hall–Kier alpha value is -2.13. The number of fused-ring (bicyclic) bond motifs is 1. The second-order valence-corrected chi connectivity index (χ2v) is 7.66. The number of nitrogens with one attached hydrogen (secondary N) is 2. The Bertz CT molecular complexity index is 745. The smallest absolute Gasteiger partial charge is 0.107 e. The number of piperidine rings is 1. The molecule has 2 heterocycles. The van der Waals surface area contributed by atoms with Gasteiger partial charge in [0, 0.05) is 17.6 Å². The van der Waals surface area contributed by atoms with Crippen molar-refractivity contribution in [2.75, 3.05) is 25.0 Å². The third kappa shape index (κ3) is 3.83. The topological polar surface area (TPSA) is 36.4 Å². The van der Waals surface area contributed by atoms with Gasteiger partial charge in [0.2, 0.25) is 0 Å². The number of anilines is 1. The number of benzene rings is 2. The number of nitrogens with zero attached hydrogens (tertiary/aromatic N) is 1. The van der Waals surface area contributed by atoms with Gasteiger partial charge in [0.05, 0.1) is 0 Å². The first-order valence-electron chi connectivity index (χ1n) is 10.0. The van der Waals surface area contributed by atoms with Crippen LogP contribution in [0.1, 0.15) is 36.8 Å². The summed E-state index contributed by atoms with van der Waals surface area (Å²) in [6.07, 6.45) is 6.98. The van der Waals surface area contributed by atoms with Gasteiger partial charge < -0.3 is 10.6 Å². The molecule has 2 aromatic rings. The van der Waals surface area contributed by atoms with E-state index in [1.165, 1.54) is 41.9 Å². The van der Waals surface area contributed by atoms with Crippen LogP contribution >= 0.6 is 0 Å². The van der Waals surface area contributed by atoms with Crippen molar-refractivity contribution in [3.8, 4) is 0 Å². The molecule has 136 valence electrons. The van der Waals surface area contributed by atoms with Crippen molar-refractivity contribution in [2.45, 2.75) is 38.5 Å². The van der Waals surface area contributed by atoms with Crippen LogP contribution in [0.5, 0.6) is 0 Å². The van der Waals surface area contributed by atoms with Gasteiger partial charge in [-0.3, -0.25) is 4.99 Å². The molecule has 2 N–H and O–H groups in total. The maximum Gasteiger partial charge on any atom is 0.107 e. The number of rotatable bonds is 5. The standard InChI is InChI=1S/C23H29N3/c1-2-8-19(9-3-1)10-6-7-15-25-22-23(13-16-24-17-14-23)18-20-11-4-5-12-21(20)26-22/h1-5,8-9,11-12,24H,6-7,10,13-18H2,(H,25,26). The molecule has 0 saturated carbocycles. The summed E-state index contributed by atoms with van der Waals surface area (Å²) in [5, 5.41) is 7.20. The minimum absolute atomic E-state index is 0.207. The summed E-state index contributed by atoms with van der Waals surface area (Å²) in [7, 11) is 0. The van der Waals surface area contributed by atoms with Gasteiger partial charge in [0.15, 0.2) is 0 Å². The Labute approximate surface area is 156 Å². The van der Waals surface area contributed by atoms with E-state index in [0.29, 0.717) is 0 Å². The van der Waals surface area contributed by atoms with Gasteiger partial charge in [0.1, 0.15) is 5.84 Å². The fourth-order valence-corrected chi connectivity index (χ4v) is 4.31. The lowest BCUT2D eigenvalue weighted by Gasteiger charge is -2.42. The molecular weight excluding hydrogens is 318 g/mol. The van der Waals surface area contributed by atoms with Crippen molar-refractivity contribution in [3.05, 3.63) is 65.7 Å². The Morgan fingerprint density at radius 3 is 2.50 bits per heavy atom. The number of para-hydroxylation sites is 1. The molecule has 3 nitrogen and oxygen atoms in total. The number of hydrogen-bond acceptors (Lipinski definition) is 2. The average molecular weight is 348 g/mol. The van der Waals surface area contributed by atoms with Crippen LogP contribution in [0.25, 0.3) is 0 Å². The zero-order valence-corrected chi connectivity index (χ0v) is 15.5. The van der Waals surface area contributed by atoms with E-state index in [2.05, 4.69) is 65.2 Å². The molecule has 0 aliphatic carbocycles. The Morgan fingerprint density at radius 1 is 0.885 bits per heavy atom. The zero-order valence-electron chi connectivity index (χ0n) is 15.5. The van der Waals surface area contributed by atoms with Gasteiger partial charge in [-0.15, -0.1) is 0 Å². The van der Waals surface area contributed by atoms with E-state index in [-0.39, 0.29) is 5.41 Å². The molecule has 0 amide bonds. The average Bonchev–Trinajstić information content (AvgIpc) is 2.69. The van der Waals surface area contributed by atoms with Crippen LogP contribution in [0.2, 0.25) is 0 Å². The number of unbranched alkanes of at least 4 members (excludes halogenated alkanes) is 1. The molecule has 0 unspecified atom stereocenters. The summed E-state index contributed by atoms with van der Waals surface area (Å²) in [4.78, 5) is 5.07.